The van der Waals surface area contributed by atoms with Crippen molar-refractivity contribution in [2.45, 2.75) is 25.7 Å². The first-order valence-electron chi connectivity index (χ1n) is 6.69. The number of amides is 1. The zero-order valence-electron chi connectivity index (χ0n) is 11.7. The van der Waals surface area contributed by atoms with Gasteiger partial charge in [0, 0.05) is 5.69 Å². The Morgan fingerprint density at radius 3 is 2.25 bits per heavy atom. The average Bonchev–Trinajstić information content (AvgIpc) is 2.48. The Labute approximate surface area is 118 Å². The van der Waals surface area contributed by atoms with E-state index in [9.17, 15) is 9.18 Å². The highest BCUT2D eigenvalue weighted by Crippen LogP contribution is 2.29. The predicted octanol–water partition coefficient (Wildman–Crippen LogP) is 4.13. The summed E-state index contributed by atoms with van der Waals surface area (Å²) in [6, 6.07) is 15.4. The van der Waals surface area contributed by atoms with Gasteiger partial charge >= 0.3 is 0 Å². The molecule has 0 fully saturated rings. The molecule has 0 aliphatic carbocycles. The van der Waals surface area contributed by atoms with Crippen LogP contribution in [-0.2, 0) is 10.2 Å². The number of hydrogen-bond donors (Lipinski definition) is 1. The minimum absolute atomic E-state index is 0.0854. The number of nitrogens with one attached hydrogen (secondary N) is 1. The van der Waals surface area contributed by atoms with E-state index in [4.69, 9.17) is 0 Å². The summed E-state index contributed by atoms with van der Waals surface area (Å²) in [5, 5.41) is 2.91. The van der Waals surface area contributed by atoms with Gasteiger partial charge in [0.25, 0.3) is 0 Å². The van der Waals surface area contributed by atoms with E-state index < -0.39 is 5.41 Å². The highest BCUT2D eigenvalue weighted by atomic mass is 19.1. The quantitative estimate of drug-likeness (QED) is 0.890. The van der Waals surface area contributed by atoms with Gasteiger partial charge < -0.3 is 5.32 Å². The largest absolute Gasteiger partial charge is 0.325 e. The third-order valence-corrected chi connectivity index (χ3v) is 3.72. The maximum absolute atomic E-state index is 13.0. The van der Waals surface area contributed by atoms with Crippen LogP contribution in [0, 0.1) is 5.82 Å². The van der Waals surface area contributed by atoms with Gasteiger partial charge in [-0.05, 0) is 43.2 Å². The van der Waals surface area contributed by atoms with Crippen LogP contribution >= 0.6 is 0 Å². The van der Waals surface area contributed by atoms with Crippen LogP contribution in [0.15, 0.2) is 54.6 Å². The molecule has 20 heavy (non-hydrogen) atoms. The predicted molar refractivity (Wildman–Crippen MR) is 79.1 cm³/mol. The minimum Gasteiger partial charge on any atom is -0.325 e. The van der Waals surface area contributed by atoms with Gasteiger partial charge in [-0.3, -0.25) is 4.79 Å². The molecule has 104 valence electrons. The third kappa shape index (κ3) is 2.87. The Bertz CT molecular complexity index is 580. The molecule has 1 atom stereocenters. The Kier molecular flexibility index (Phi) is 4.18. The fourth-order valence-electron chi connectivity index (χ4n) is 2.10. The van der Waals surface area contributed by atoms with Crippen molar-refractivity contribution in [2.24, 2.45) is 0 Å². The van der Waals surface area contributed by atoms with E-state index in [0.717, 1.165) is 11.3 Å². The smallest absolute Gasteiger partial charge is 0.234 e. The van der Waals surface area contributed by atoms with Crippen LogP contribution < -0.4 is 5.32 Å². The molecule has 0 aliphatic heterocycles. The first-order valence-corrected chi connectivity index (χ1v) is 6.69. The molecule has 1 N–H and O–H groups in total. The van der Waals surface area contributed by atoms with E-state index in [-0.39, 0.29) is 11.7 Å². The molecule has 2 rings (SSSR count). The molecule has 0 aliphatic rings. The van der Waals surface area contributed by atoms with Gasteiger partial charge in [0.15, 0.2) is 0 Å². The lowest BCUT2D eigenvalue weighted by molar-refractivity contribution is -0.121. The van der Waals surface area contributed by atoms with Crippen molar-refractivity contribution in [1.29, 1.82) is 0 Å². The number of hydrogen-bond acceptors (Lipinski definition) is 1. The van der Waals surface area contributed by atoms with Crippen LogP contribution in [0.2, 0.25) is 0 Å². The molecule has 0 bridgehead atoms. The van der Waals surface area contributed by atoms with E-state index in [1.165, 1.54) is 12.1 Å². The summed E-state index contributed by atoms with van der Waals surface area (Å²) in [7, 11) is 0. The van der Waals surface area contributed by atoms with E-state index in [2.05, 4.69) is 5.32 Å². The van der Waals surface area contributed by atoms with E-state index >= 15 is 0 Å². The van der Waals surface area contributed by atoms with Crippen LogP contribution in [0.3, 0.4) is 0 Å². The van der Waals surface area contributed by atoms with E-state index in [0.29, 0.717) is 6.42 Å². The van der Waals surface area contributed by atoms with Crippen LogP contribution in [0.5, 0.6) is 0 Å². The van der Waals surface area contributed by atoms with Crippen molar-refractivity contribution < 1.29 is 9.18 Å². The summed E-state index contributed by atoms with van der Waals surface area (Å²) >= 11 is 0. The van der Waals surface area contributed by atoms with Gasteiger partial charge in [0.05, 0.1) is 5.41 Å². The molecule has 0 heterocycles. The molecule has 1 amide bonds. The summed E-state index contributed by atoms with van der Waals surface area (Å²) in [6.07, 6.45) is 0.636. The number of para-hydroxylation sites is 1. The second kappa shape index (κ2) is 5.87. The fourth-order valence-corrected chi connectivity index (χ4v) is 2.10. The Hall–Kier alpha value is -2.16. The highest BCUT2D eigenvalue weighted by molar-refractivity contribution is 5.98. The normalized spacial score (nSPS) is 13.6. The standard InChI is InChI=1S/C17H18FNO/c1-3-17(2,13-9-11-14(18)12-10-13)16(20)19-15-7-5-4-6-8-15/h4-12H,3H2,1-2H3,(H,19,20). The molecule has 2 nitrogen and oxygen atoms in total. The van der Waals surface area contributed by atoms with Crippen molar-refractivity contribution in [3.63, 3.8) is 0 Å². The molecule has 2 aromatic carbocycles. The van der Waals surface area contributed by atoms with Gasteiger partial charge in [0.1, 0.15) is 5.82 Å². The van der Waals surface area contributed by atoms with Crippen molar-refractivity contribution in [2.75, 3.05) is 5.32 Å². The lowest BCUT2D eigenvalue weighted by Gasteiger charge is -2.27. The maximum atomic E-state index is 13.0. The van der Waals surface area contributed by atoms with Crippen LogP contribution in [0.4, 0.5) is 10.1 Å². The number of anilines is 1. The van der Waals surface area contributed by atoms with Crippen molar-refractivity contribution in [3.8, 4) is 0 Å². The van der Waals surface area contributed by atoms with Gasteiger partial charge in [-0.25, -0.2) is 4.39 Å². The highest BCUT2D eigenvalue weighted by Gasteiger charge is 2.33. The molecular weight excluding hydrogens is 253 g/mol. The van der Waals surface area contributed by atoms with Crippen molar-refractivity contribution >= 4 is 11.6 Å². The number of carbonyl (C=O) groups excluding carboxylic acids is 1. The zero-order valence-corrected chi connectivity index (χ0v) is 11.7. The second-order valence-electron chi connectivity index (χ2n) is 5.01. The van der Waals surface area contributed by atoms with Crippen molar-refractivity contribution in [1.82, 2.24) is 0 Å². The number of halogens is 1. The molecule has 0 saturated heterocycles. The Morgan fingerprint density at radius 1 is 1.10 bits per heavy atom. The maximum Gasteiger partial charge on any atom is 0.234 e. The molecule has 3 heteroatoms. The zero-order chi connectivity index (χ0) is 14.6. The number of rotatable bonds is 4. The molecule has 2 aromatic rings. The molecule has 0 spiro atoms. The summed E-state index contributed by atoms with van der Waals surface area (Å²) in [5.74, 6) is -0.381. The summed E-state index contributed by atoms with van der Waals surface area (Å²) in [4.78, 5) is 12.5. The minimum atomic E-state index is -0.677. The monoisotopic (exact) mass is 271 g/mol. The second-order valence-corrected chi connectivity index (χ2v) is 5.01. The summed E-state index contributed by atoms with van der Waals surface area (Å²) in [5.41, 5.74) is 0.901. The number of benzene rings is 2. The molecule has 0 aromatic heterocycles. The van der Waals surface area contributed by atoms with Gasteiger partial charge in [-0.15, -0.1) is 0 Å². The average molecular weight is 271 g/mol. The molecular formula is C17H18FNO. The van der Waals surface area contributed by atoms with Gasteiger partial charge in [-0.2, -0.15) is 0 Å². The lowest BCUT2D eigenvalue weighted by atomic mass is 9.79. The molecule has 1 unspecified atom stereocenters. The molecule has 0 radical (unpaired) electrons. The Morgan fingerprint density at radius 2 is 1.70 bits per heavy atom. The lowest BCUT2D eigenvalue weighted by Crippen LogP contribution is -2.37. The van der Waals surface area contributed by atoms with Crippen LogP contribution in [0.1, 0.15) is 25.8 Å². The SMILES string of the molecule is CCC(C)(C(=O)Nc1ccccc1)c1ccc(F)cc1. The van der Waals surface area contributed by atoms with Gasteiger partial charge in [-0.1, -0.05) is 37.3 Å². The van der Waals surface area contributed by atoms with E-state index in [1.807, 2.05) is 44.2 Å². The number of carbonyl (C=O) groups is 1. The molecule has 0 saturated carbocycles. The third-order valence-electron chi connectivity index (χ3n) is 3.72. The Balaban J connectivity index is 2.26. The van der Waals surface area contributed by atoms with Crippen LogP contribution in [0.25, 0.3) is 0 Å². The first kappa shape index (κ1) is 14.3. The topological polar surface area (TPSA) is 29.1 Å². The summed E-state index contributed by atoms with van der Waals surface area (Å²) < 4.78 is 13.0. The van der Waals surface area contributed by atoms with Gasteiger partial charge in [0.2, 0.25) is 5.91 Å². The van der Waals surface area contributed by atoms with Crippen molar-refractivity contribution in [3.05, 3.63) is 66.0 Å². The first-order chi connectivity index (χ1) is 9.56. The summed E-state index contributed by atoms with van der Waals surface area (Å²) in [6.45, 7) is 3.83. The fraction of sp³-hybridized carbons (Fsp3) is 0.235. The van der Waals surface area contributed by atoms with Crippen LogP contribution in [-0.4, -0.2) is 5.91 Å². The van der Waals surface area contributed by atoms with E-state index in [1.54, 1.807) is 12.1 Å².